The van der Waals surface area contributed by atoms with E-state index in [1.165, 1.54) is 51.7 Å². The van der Waals surface area contributed by atoms with E-state index in [1.807, 2.05) is 0 Å². The summed E-state index contributed by atoms with van der Waals surface area (Å²) < 4.78 is 0. The van der Waals surface area contributed by atoms with Crippen LogP contribution in [0.3, 0.4) is 0 Å². The number of aliphatic hydroxyl groups excluding tert-OH is 1. The van der Waals surface area contributed by atoms with Crippen LogP contribution in [0.1, 0.15) is 52.4 Å². The molecule has 2 N–H and O–H groups in total. The zero-order chi connectivity index (χ0) is 13.2. The third-order valence-electron chi connectivity index (χ3n) is 3.89. The first-order chi connectivity index (χ1) is 8.80. The molecule has 0 saturated carbocycles. The molecule has 1 fully saturated rings. The molecule has 1 aliphatic rings. The molecule has 2 unspecified atom stereocenters. The van der Waals surface area contributed by atoms with Crippen LogP contribution in [0.15, 0.2) is 0 Å². The van der Waals surface area contributed by atoms with Crippen molar-refractivity contribution in [2.75, 3.05) is 32.8 Å². The SMILES string of the molecule is CCCCN1CC(CCCO)CC(NCCC)C1. The van der Waals surface area contributed by atoms with Crippen LogP contribution < -0.4 is 5.32 Å². The molecule has 0 aromatic rings. The number of aliphatic hydroxyl groups is 1. The van der Waals surface area contributed by atoms with Crippen molar-refractivity contribution in [3.63, 3.8) is 0 Å². The van der Waals surface area contributed by atoms with Gasteiger partial charge in [-0.2, -0.15) is 0 Å². The van der Waals surface area contributed by atoms with Crippen LogP contribution in [0.4, 0.5) is 0 Å². The lowest BCUT2D eigenvalue weighted by Crippen LogP contribution is -2.49. The molecule has 1 saturated heterocycles. The summed E-state index contributed by atoms with van der Waals surface area (Å²) in [6, 6.07) is 0.666. The Hall–Kier alpha value is -0.120. The van der Waals surface area contributed by atoms with Crippen LogP contribution in [0.25, 0.3) is 0 Å². The molecule has 108 valence electrons. The third kappa shape index (κ3) is 6.17. The van der Waals surface area contributed by atoms with Gasteiger partial charge in [-0.15, -0.1) is 0 Å². The predicted octanol–water partition coefficient (Wildman–Crippen LogP) is 2.25. The van der Waals surface area contributed by atoms with Crippen LogP contribution in [0.2, 0.25) is 0 Å². The van der Waals surface area contributed by atoms with E-state index in [-0.39, 0.29) is 0 Å². The molecule has 18 heavy (non-hydrogen) atoms. The van der Waals surface area contributed by atoms with E-state index < -0.39 is 0 Å². The summed E-state index contributed by atoms with van der Waals surface area (Å²) in [6.07, 6.45) is 7.25. The summed E-state index contributed by atoms with van der Waals surface area (Å²) in [5.41, 5.74) is 0. The van der Waals surface area contributed by atoms with Gasteiger partial charge in [0.1, 0.15) is 0 Å². The van der Waals surface area contributed by atoms with E-state index >= 15 is 0 Å². The van der Waals surface area contributed by atoms with E-state index in [4.69, 9.17) is 5.11 Å². The molecule has 1 rings (SSSR count). The van der Waals surface area contributed by atoms with Gasteiger partial charge in [-0.05, 0) is 51.1 Å². The fraction of sp³-hybridized carbons (Fsp3) is 1.00. The van der Waals surface area contributed by atoms with Gasteiger partial charge in [0.05, 0.1) is 0 Å². The summed E-state index contributed by atoms with van der Waals surface area (Å²) in [6.45, 7) is 9.68. The first-order valence-electron chi connectivity index (χ1n) is 7.86. The third-order valence-corrected chi connectivity index (χ3v) is 3.89. The minimum atomic E-state index is 0.346. The van der Waals surface area contributed by atoms with Gasteiger partial charge in [0.15, 0.2) is 0 Å². The normalized spacial score (nSPS) is 25.5. The minimum Gasteiger partial charge on any atom is -0.396 e. The van der Waals surface area contributed by atoms with Gasteiger partial charge < -0.3 is 15.3 Å². The smallest absolute Gasteiger partial charge is 0.0431 e. The van der Waals surface area contributed by atoms with Gasteiger partial charge in [-0.3, -0.25) is 0 Å². The average molecular weight is 256 g/mol. The molecule has 3 heteroatoms. The van der Waals surface area contributed by atoms with Crippen molar-refractivity contribution in [2.45, 2.75) is 58.4 Å². The number of nitrogens with zero attached hydrogens (tertiary/aromatic N) is 1. The van der Waals surface area contributed by atoms with Gasteiger partial charge in [0, 0.05) is 25.7 Å². The van der Waals surface area contributed by atoms with Crippen molar-refractivity contribution < 1.29 is 5.11 Å². The Balaban J connectivity index is 2.38. The van der Waals surface area contributed by atoms with Gasteiger partial charge in [-0.25, -0.2) is 0 Å². The Morgan fingerprint density at radius 3 is 2.67 bits per heavy atom. The van der Waals surface area contributed by atoms with Crippen molar-refractivity contribution in [3.05, 3.63) is 0 Å². The van der Waals surface area contributed by atoms with Crippen molar-refractivity contribution in [2.24, 2.45) is 5.92 Å². The lowest BCUT2D eigenvalue weighted by molar-refractivity contribution is 0.128. The molecule has 0 spiro atoms. The predicted molar refractivity (Wildman–Crippen MR) is 77.9 cm³/mol. The summed E-state index contributed by atoms with van der Waals surface area (Å²) >= 11 is 0. The van der Waals surface area contributed by atoms with Crippen molar-refractivity contribution >= 4 is 0 Å². The lowest BCUT2D eigenvalue weighted by atomic mass is 9.90. The highest BCUT2D eigenvalue weighted by Crippen LogP contribution is 2.21. The largest absolute Gasteiger partial charge is 0.396 e. The molecule has 1 aliphatic heterocycles. The Bertz CT molecular complexity index is 160. The molecule has 0 bridgehead atoms. The molecule has 0 amide bonds. The monoisotopic (exact) mass is 256 g/mol. The first kappa shape index (κ1) is 15.9. The van der Waals surface area contributed by atoms with Gasteiger partial charge in [-0.1, -0.05) is 20.3 Å². The molecule has 2 atom stereocenters. The maximum Gasteiger partial charge on any atom is 0.0431 e. The minimum absolute atomic E-state index is 0.346. The van der Waals surface area contributed by atoms with Crippen LogP contribution in [0, 0.1) is 5.92 Å². The highest BCUT2D eigenvalue weighted by Gasteiger charge is 2.25. The Labute approximate surface area is 113 Å². The van der Waals surface area contributed by atoms with Crippen LogP contribution in [-0.2, 0) is 0 Å². The van der Waals surface area contributed by atoms with Crippen LogP contribution in [-0.4, -0.2) is 48.8 Å². The van der Waals surface area contributed by atoms with E-state index in [0.717, 1.165) is 18.9 Å². The second-order valence-electron chi connectivity index (χ2n) is 5.73. The van der Waals surface area contributed by atoms with Crippen molar-refractivity contribution in [1.82, 2.24) is 10.2 Å². The topological polar surface area (TPSA) is 35.5 Å². The molecule has 0 aromatic heterocycles. The molecule has 0 aliphatic carbocycles. The average Bonchev–Trinajstić information content (AvgIpc) is 2.40. The molecule has 0 radical (unpaired) electrons. The molecular weight excluding hydrogens is 224 g/mol. The van der Waals surface area contributed by atoms with E-state index in [9.17, 15) is 0 Å². The summed E-state index contributed by atoms with van der Waals surface area (Å²) in [7, 11) is 0. The Morgan fingerprint density at radius 2 is 2.00 bits per heavy atom. The maximum atomic E-state index is 8.98. The Morgan fingerprint density at radius 1 is 1.17 bits per heavy atom. The molecular formula is C15H32N2O. The summed E-state index contributed by atoms with van der Waals surface area (Å²) in [5.74, 6) is 0.775. The zero-order valence-electron chi connectivity index (χ0n) is 12.3. The molecule has 1 heterocycles. The van der Waals surface area contributed by atoms with E-state index in [1.54, 1.807) is 0 Å². The van der Waals surface area contributed by atoms with Crippen molar-refractivity contribution in [3.8, 4) is 0 Å². The number of unbranched alkanes of at least 4 members (excludes halogenated alkanes) is 1. The summed E-state index contributed by atoms with van der Waals surface area (Å²) in [4.78, 5) is 2.63. The standard InChI is InChI=1S/C15H32N2O/c1-3-5-9-17-12-14(7-6-10-18)11-15(13-17)16-8-4-2/h14-16,18H,3-13H2,1-2H3. The number of nitrogens with one attached hydrogen (secondary N) is 1. The van der Waals surface area contributed by atoms with Gasteiger partial charge >= 0.3 is 0 Å². The number of rotatable bonds is 9. The number of hydrogen-bond donors (Lipinski definition) is 2. The second-order valence-corrected chi connectivity index (χ2v) is 5.73. The van der Waals surface area contributed by atoms with Crippen LogP contribution in [0.5, 0.6) is 0 Å². The fourth-order valence-electron chi connectivity index (χ4n) is 2.95. The summed E-state index contributed by atoms with van der Waals surface area (Å²) in [5, 5.41) is 12.7. The number of likely N-dealkylation sites (tertiary alicyclic amines) is 1. The van der Waals surface area contributed by atoms with Crippen molar-refractivity contribution in [1.29, 1.82) is 0 Å². The number of hydrogen-bond acceptors (Lipinski definition) is 3. The fourth-order valence-corrected chi connectivity index (χ4v) is 2.95. The first-order valence-corrected chi connectivity index (χ1v) is 7.86. The van der Waals surface area contributed by atoms with Crippen LogP contribution >= 0.6 is 0 Å². The quantitative estimate of drug-likeness (QED) is 0.664. The lowest BCUT2D eigenvalue weighted by Gasteiger charge is -2.38. The molecule has 3 nitrogen and oxygen atoms in total. The number of piperidine rings is 1. The highest BCUT2D eigenvalue weighted by atomic mass is 16.2. The van der Waals surface area contributed by atoms with Gasteiger partial charge in [0.25, 0.3) is 0 Å². The van der Waals surface area contributed by atoms with Gasteiger partial charge in [0.2, 0.25) is 0 Å². The second kappa shape index (κ2) is 9.76. The maximum absolute atomic E-state index is 8.98. The zero-order valence-corrected chi connectivity index (χ0v) is 12.3. The highest BCUT2D eigenvalue weighted by molar-refractivity contribution is 4.83. The van der Waals surface area contributed by atoms with E-state index in [2.05, 4.69) is 24.1 Å². The van der Waals surface area contributed by atoms with E-state index in [0.29, 0.717) is 12.6 Å². The Kier molecular flexibility index (Phi) is 8.64. The molecule has 0 aromatic carbocycles.